The second-order valence-corrected chi connectivity index (χ2v) is 6.36. The van der Waals surface area contributed by atoms with Crippen molar-refractivity contribution in [3.63, 3.8) is 0 Å². The summed E-state index contributed by atoms with van der Waals surface area (Å²) in [5, 5.41) is 4.77. The van der Waals surface area contributed by atoms with Crippen LogP contribution in [0.4, 0.5) is 16.3 Å². The lowest BCUT2D eigenvalue weighted by atomic mass is 10.1. The Labute approximate surface area is 157 Å². The Balaban J connectivity index is 1.48. The topological polar surface area (TPSA) is 98.7 Å². The van der Waals surface area contributed by atoms with Crippen LogP contribution in [0.1, 0.15) is 26.7 Å². The maximum atomic E-state index is 11.5. The number of pyridine rings is 1. The zero-order valence-corrected chi connectivity index (χ0v) is 15.4. The van der Waals surface area contributed by atoms with Gasteiger partial charge in [0.05, 0.1) is 6.10 Å². The summed E-state index contributed by atoms with van der Waals surface area (Å²) in [7, 11) is 0. The molecule has 1 aliphatic rings. The number of carbonyl (C=O) groups is 1. The van der Waals surface area contributed by atoms with Gasteiger partial charge >= 0.3 is 6.16 Å². The molecule has 1 fully saturated rings. The van der Waals surface area contributed by atoms with Gasteiger partial charge in [-0.15, -0.1) is 5.06 Å². The fraction of sp³-hybridized carbons (Fsp3) is 0.444. The Hall–Kier alpha value is -2.94. The van der Waals surface area contributed by atoms with Crippen LogP contribution >= 0.6 is 0 Å². The first-order valence-electron chi connectivity index (χ1n) is 8.88. The van der Waals surface area contributed by atoms with Crippen LogP contribution in [0.5, 0.6) is 5.88 Å². The Morgan fingerprint density at radius 2 is 1.96 bits per heavy atom. The lowest BCUT2D eigenvalue weighted by molar-refractivity contribution is -0.151. The van der Waals surface area contributed by atoms with Crippen molar-refractivity contribution >= 4 is 17.7 Å². The van der Waals surface area contributed by atoms with E-state index in [2.05, 4.69) is 20.3 Å². The van der Waals surface area contributed by atoms with Gasteiger partial charge in [0.15, 0.2) is 0 Å². The molecule has 1 aliphatic heterocycles. The Kier molecular flexibility index (Phi) is 6.37. The van der Waals surface area contributed by atoms with E-state index in [0.717, 1.165) is 5.69 Å². The summed E-state index contributed by atoms with van der Waals surface area (Å²) in [5.74, 6) is 1.14. The molecule has 1 N–H and O–H groups in total. The van der Waals surface area contributed by atoms with Crippen LogP contribution in [0.3, 0.4) is 0 Å². The fourth-order valence-corrected chi connectivity index (χ4v) is 2.59. The van der Waals surface area contributed by atoms with E-state index in [1.807, 2.05) is 12.1 Å². The summed E-state index contributed by atoms with van der Waals surface area (Å²) < 4.78 is 10.9. The van der Waals surface area contributed by atoms with E-state index in [4.69, 9.17) is 14.3 Å². The molecule has 3 rings (SSSR count). The molecule has 0 saturated carbocycles. The standard InChI is InChI=1S/C18H23N5O4/c1-13(2)25-18(24)27-23-9-5-15(6-10-23)26-17-11-16(20-12-21-17)22-14-3-7-19-8-4-14/h3-4,7-8,11-13,15H,5-6,9-10H2,1-2H3,(H,19,20,21,22). The summed E-state index contributed by atoms with van der Waals surface area (Å²) in [5.41, 5.74) is 0.883. The second kappa shape index (κ2) is 9.13. The van der Waals surface area contributed by atoms with E-state index >= 15 is 0 Å². The maximum absolute atomic E-state index is 11.5. The second-order valence-electron chi connectivity index (χ2n) is 6.36. The third-order valence-corrected chi connectivity index (χ3v) is 3.82. The molecule has 144 valence electrons. The van der Waals surface area contributed by atoms with Crippen molar-refractivity contribution in [2.45, 2.75) is 38.9 Å². The van der Waals surface area contributed by atoms with E-state index in [0.29, 0.717) is 37.6 Å². The predicted molar refractivity (Wildman–Crippen MR) is 97.5 cm³/mol. The van der Waals surface area contributed by atoms with E-state index in [1.165, 1.54) is 6.33 Å². The molecule has 0 amide bonds. The minimum absolute atomic E-state index is 0.00496. The molecule has 2 aromatic heterocycles. The highest BCUT2D eigenvalue weighted by molar-refractivity contribution is 5.59. The summed E-state index contributed by atoms with van der Waals surface area (Å²) in [6.45, 7) is 4.71. The number of aromatic nitrogens is 3. The quantitative estimate of drug-likeness (QED) is 0.766. The molecule has 0 aliphatic carbocycles. The van der Waals surface area contributed by atoms with Gasteiger partial charge in [-0.25, -0.2) is 14.8 Å². The van der Waals surface area contributed by atoms with Gasteiger partial charge in [-0.2, -0.15) is 0 Å². The van der Waals surface area contributed by atoms with Gasteiger partial charge in [-0.1, -0.05) is 0 Å². The van der Waals surface area contributed by atoms with Gasteiger partial charge in [0.25, 0.3) is 0 Å². The minimum atomic E-state index is -0.674. The van der Waals surface area contributed by atoms with E-state index in [-0.39, 0.29) is 12.2 Å². The third-order valence-electron chi connectivity index (χ3n) is 3.82. The number of hydrogen-bond acceptors (Lipinski definition) is 9. The van der Waals surface area contributed by atoms with Crippen molar-refractivity contribution in [2.75, 3.05) is 18.4 Å². The smallest absolute Gasteiger partial charge is 0.474 e. The summed E-state index contributed by atoms with van der Waals surface area (Å²) in [6.07, 6.45) is 5.41. The first-order chi connectivity index (χ1) is 13.1. The number of nitrogens with one attached hydrogen (secondary N) is 1. The molecule has 0 unspecified atom stereocenters. The van der Waals surface area contributed by atoms with Crippen molar-refractivity contribution in [3.8, 4) is 5.88 Å². The van der Waals surface area contributed by atoms with Crippen LogP contribution in [0.2, 0.25) is 0 Å². The van der Waals surface area contributed by atoms with Gasteiger partial charge in [0, 0.05) is 50.1 Å². The molecular formula is C18H23N5O4. The van der Waals surface area contributed by atoms with Crippen LogP contribution in [0, 0.1) is 0 Å². The number of carbonyl (C=O) groups excluding carboxylic acids is 1. The summed E-state index contributed by atoms with van der Waals surface area (Å²) in [6, 6.07) is 5.45. The molecule has 2 aromatic rings. The highest BCUT2D eigenvalue weighted by atomic mass is 16.8. The summed E-state index contributed by atoms with van der Waals surface area (Å²) >= 11 is 0. The molecule has 0 bridgehead atoms. The molecule has 3 heterocycles. The minimum Gasteiger partial charge on any atom is -0.474 e. The molecule has 9 heteroatoms. The number of piperidine rings is 1. The van der Waals surface area contributed by atoms with Crippen molar-refractivity contribution in [2.24, 2.45) is 0 Å². The van der Waals surface area contributed by atoms with Gasteiger partial charge in [0.2, 0.25) is 5.88 Å². The van der Waals surface area contributed by atoms with Crippen molar-refractivity contribution in [1.29, 1.82) is 0 Å². The van der Waals surface area contributed by atoms with E-state index in [1.54, 1.807) is 37.4 Å². The zero-order chi connectivity index (χ0) is 19.1. The number of hydrogen-bond donors (Lipinski definition) is 1. The van der Waals surface area contributed by atoms with Crippen LogP contribution in [0.25, 0.3) is 0 Å². The predicted octanol–water partition coefficient (Wildman–Crippen LogP) is 2.94. The van der Waals surface area contributed by atoms with Crippen molar-refractivity contribution in [3.05, 3.63) is 36.9 Å². The Morgan fingerprint density at radius 3 is 2.67 bits per heavy atom. The zero-order valence-electron chi connectivity index (χ0n) is 15.4. The van der Waals surface area contributed by atoms with Gasteiger partial charge < -0.3 is 19.6 Å². The molecule has 27 heavy (non-hydrogen) atoms. The number of ether oxygens (including phenoxy) is 2. The summed E-state index contributed by atoms with van der Waals surface area (Å²) in [4.78, 5) is 29.0. The average molecular weight is 373 g/mol. The van der Waals surface area contributed by atoms with Gasteiger partial charge in [-0.05, 0) is 26.0 Å². The van der Waals surface area contributed by atoms with E-state index < -0.39 is 6.16 Å². The normalized spacial score (nSPS) is 15.4. The Morgan fingerprint density at radius 1 is 1.22 bits per heavy atom. The van der Waals surface area contributed by atoms with Crippen molar-refractivity contribution < 1.29 is 19.1 Å². The highest BCUT2D eigenvalue weighted by Gasteiger charge is 2.24. The van der Waals surface area contributed by atoms with Crippen LogP contribution in [-0.4, -0.2) is 51.5 Å². The van der Waals surface area contributed by atoms with Crippen LogP contribution in [-0.2, 0) is 9.57 Å². The largest absolute Gasteiger partial charge is 0.528 e. The Bertz CT molecular complexity index is 736. The van der Waals surface area contributed by atoms with Crippen molar-refractivity contribution in [1.82, 2.24) is 20.0 Å². The van der Waals surface area contributed by atoms with Gasteiger partial charge in [0.1, 0.15) is 18.2 Å². The fourth-order valence-electron chi connectivity index (χ4n) is 2.59. The third kappa shape index (κ3) is 6.07. The number of rotatable bonds is 6. The SMILES string of the molecule is CC(C)OC(=O)ON1CCC(Oc2cc(Nc3ccncc3)ncn2)CC1. The lowest BCUT2D eigenvalue weighted by Gasteiger charge is -2.30. The molecule has 0 spiro atoms. The van der Waals surface area contributed by atoms with Gasteiger partial charge in [-0.3, -0.25) is 4.98 Å². The number of anilines is 2. The monoisotopic (exact) mass is 373 g/mol. The first-order valence-corrected chi connectivity index (χ1v) is 8.88. The number of hydroxylamine groups is 2. The molecule has 1 saturated heterocycles. The highest BCUT2D eigenvalue weighted by Crippen LogP contribution is 2.21. The molecule has 0 atom stereocenters. The lowest BCUT2D eigenvalue weighted by Crippen LogP contribution is -2.40. The number of nitrogens with zero attached hydrogens (tertiary/aromatic N) is 4. The molecule has 9 nitrogen and oxygen atoms in total. The maximum Gasteiger partial charge on any atom is 0.528 e. The van der Waals surface area contributed by atoms with Crippen LogP contribution < -0.4 is 10.1 Å². The molecule has 0 aromatic carbocycles. The molecule has 0 radical (unpaired) electrons. The molecular weight excluding hydrogens is 350 g/mol. The first kappa shape index (κ1) is 18.8. The van der Waals surface area contributed by atoms with Crippen LogP contribution in [0.15, 0.2) is 36.9 Å². The average Bonchev–Trinajstić information content (AvgIpc) is 2.64. The van der Waals surface area contributed by atoms with E-state index in [9.17, 15) is 4.79 Å².